The molecule has 0 saturated heterocycles. The van der Waals surface area contributed by atoms with Crippen LogP contribution in [0.4, 0.5) is 0 Å². The largest absolute Gasteiger partial charge is 0.393 e. The SMILES string of the molecule is OC1CCC2C3=C(CCC2C1)C1CCCCC1=CC3. The molecule has 0 aliphatic heterocycles. The van der Waals surface area contributed by atoms with Gasteiger partial charge in [0.2, 0.25) is 0 Å². The Bertz CT molecular complexity index is 431. The van der Waals surface area contributed by atoms with Gasteiger partial charge in [0.15, 0.2) is 0 Å². The van der Waals surface area contributed by atoms with Gasteiger partial charge in [0.1, 0.15) is 0 Å². The van der Waals surface area contributed by atoms with E-state index in [0.29, 0.717) is 0 Å². The predicted octanol–water partition coefficient (Wildman–Crippen LogP) is 4.37. The van der Waals surface area contributed by atoms with Crippen molar-refractivity contribution in [3.05, 3.63) is 22.8 Å². The number of hydrogen-bond acceptors (Lipinski definition) is 1. The predicted molar refractivity (Wildman–Crippen MR) is 77.8 cm³/mol. The molecule has 0 aromatic rings. The van der Waals surface area contributed by atoms with Gasteiger partial charge in [0.05, 0.1) is 6.10 Å². The van der Waals surface area contributed by atoms with Crippen molar-refractivity contribution < 1.29 is 5.11 Å². The first kappa shape index (κ1) is 12.2. The Morgan fingerprint density at radius 3 is 2.84 bits per heavy atom. The van der Waals surface area contributed by atoms with Crippen molar-refractivity contribution >= 4 is 0 Å². The highest BCUT2D eigenvalue weighted by Gasteiger charge is 2.39. The molecule has 0 heterocycles. The van der Waals surface area contributed by atoms with E-state index in [9.17, 15) is 5.11 Å². The van der Waals surface area contributed by atoms with Gasteiger partial charge in [-0.3, -0.25) is 0 Å². The monoisotopic (exact) mass is 258 g/mol. The average molecular weight is 258 g/mol. The third-order valence-electron chi connectivity index (χ3n) is 6.26. The Kier molecular flexibility index (Phi) is 3.06. The van der Waals surface area contributed by atoms with Crippen molar-refractivity contribution in [1.29, 1.82) is 0 Å². The topological polar surface area (TPSA) is 20.2 Å². The van der Waals surface area contributed by atoms with Crippen molar-refractivity contribution in [2.45, 2.75) is 70.3 Å². The lowest BCUT2D eigenvalue weighted by molar-refractivity contribution is 0.0698. The second-order valence-corrected chi connectivity index (χ2v) is 7.20. The maximum Gasteiger partial charge on any atom is 0.0543 e. The number of fused-ring (bicyclic) bond motifs is 4. The molecule has 104 valence electrons. The van der Waals surface area contributed by atoms with Gasteiger partial charge in [-0.05, 0) is 69.6 Å². The summed E-state index contributed by atoms with van der Waals surface area (Å²) in [7, 11) is 0. The molecular weight excluding hydrogens is 232 g/mol. The van der Waals surface area contributed by atoms with E-state index in [1.165, 1.54) is 51.4 Å². The van der Waals surface area contributed by atoms with E-state index in [-0.39, 0.29) is 6.10 Å². The van der Waals surface area contributed by atoms with Crippen molar-refractivity contribution in [2.24, 2.45) is 17.8 Å². The third-order valence-corrected chi connectivity index (χ3v) is 6.26. The summed E-state index contributed by atoms with van der Waals surface area (Å²) < 4.78 is 0. The Hall–Kier alpha value is -0.560. The number of allylic oxidation sites excluding steroid dienone is 4. The van der Waals surface area contributed by atoms with Crippen LogP contribution in [-0.2, 0) is 0 Å². The minimum atomic E-state index is -0.00669. The van der Waals surface area contributed by atoms with Crippen LogP contribution in [-0.4, -0.2) is 11.2 Å². The molecule has 4 aliphatic carbocycles. The van der Waals surface area contributed by atoms with Crippen LogP contribution in [0.25, 0.3) is 0 Å². The van der Waals surface area contributed by atoms with Crippen LogP contribution in [0.5, 0.6) is 0 Å². The highest BCUT2D eigenvalue weighted by Crippen LogP contribution is 2.51. The van der Waals surface area contributed by atoms with E-state index in [2.05, 4.69) is 6.08 Å². The van der Waals surface area contributed by atoms with Crippen molar-refractivity contribution in [1.82, 2.24) is 0 Å². The second kappa shape index (κ2) is 4.77. The minimum Gasteiger partial charge on any atom is -0.393 e. The lowest BCUT2D eigenvalue weighted by Crippen LogP contribution is -2.34. The van der Waals surface area contributed by atoms with Crippen LogP contribution in [0.1, 0.15) is 64.2 Å². The fraction of sp³-hybridized carbons (Fsp3) is 0.778. The Labute approximate surface area is 116 Å². The van der Waals surface area contributed by atoms with Crippen molar-refractivity contribution in [2.75, 3.05) is 0 Å². The maximum absolute atomic E-state index is 9.90. The first-order chi connectivity index (χ1) is 9.33. The van der Waals surface area contributed by atoms with Gasteiger partial charge < -0.3 is 5.11 Å². The van der Waals surface area contributed by atoms with Crippen LogP contribution in [0.3, 0.4) is 0 Å². The van der Waals surface area contributed by atoms with E-state index in [4.69, 9.17) is 0 Å². The van der Waals surface area contributed by atoms with Crippen LogP contribution in [0.15, 0.2) is 22.8 Å². The summed E-state index contributed by atoms with van der Waals surface area (Å²) in [6.07, 6.45) is 15.5. The molecule has 0 aromatic heterocycles. The van der Waals surface area contributed by atoms with Crippen molar-refractivity contribution in [3.63, 3.8) is 0 Å². The standard InChI is InChI=1S/C18H26O/c19-14-7-10-16-13(11-14)6-9-17-15-4-2-1-3-12(15)5-8-18(16)17/h5,13-16,19H,1-4,6-11H2. The minimum absolute atomic E-state index is 0.00669. The summed E-state index contributed by atoms with van der Waals surface area (Å²) in [5, 5.41) is 9.90. The fourth-order valence-electron chi connectivity index (χ4n) is 5.36. The Morgan fingerprint density at radius 2 is 1.89 bits per heavy atom. The number of aliphatic hydroxyl groups is 1. The summed E-state index contributed by atoms with van der Waals surface area (Å²) in [6.45, 7) is 0. The van der Waals surface area contributed by atoms with Crippen LogP contribution < -0.4 is 0 Å². The molecule has 19 heavy (non-hydrogen) atoms. The molecular formula is C18H26O. The quantitative estimate of drug-likeness (QED) is 0.639. The smallest absolute Gasteiger partial charge is 0.0543 e. The van der Waals surface area contributed by atoms with Gasteiger partial charge in [-0.15, -0.1) is 0 Å². The third kappa shape index (κ3) is 2.01. The summed E-state index contributed by atoms with van der Waals surface area (Å²) in [6, 6.07) is 0. The lowest BCUT2D eigenvalue weighted by Gasteiger charge is -2.45. The first-order valence-corrected chi connectivity index (χ1v) is 8.41. The Morgan fingerprint density at radius 1 is 0.947 bits per heavy atom. The zero-order valence-electron chi connectivity index (χ0n) is 11.9. The summed E-state index contributed by atoms with van der Waals surface area (Å²) in [4.78, 5) is 0. The van der Waals surface area contributed by atoms with Gasteiger partial charge in [-0.25, -0.2) is 0 Å². The molecule has 1 heteroatoms. The van der Waals surface area contributed by atoms with Gasteiger partial charge in [0.25, 0.3) is 0 Å². The Balaban J connectivity index is 1.63. The molecule has 0 spiro atoms. The molecule has 0 aromatic carbocycles. The van der Waals surface area contributed by atoms with E-state index >= 15 is 0 Å². The zero-order valence-corrected chi connectivity index (χ0v) is 11.9. The summed E-state index contributed by atoms with van der Waals surface area (Å²) in [5.74, 6) is 2.46. The van der Waals surface area contributed by atoms with E-state index in [1.807, 2.05) is 11.1 Å². The number of rotatable bonds is 0. The highest BCUT2D eigenvalue weighted by molar-refractivity contribution is 5.37. The average Bonchev–Trinajstić information content (AvgIpc) is 2.46. The number of hydrogen-bond donors (Lipinski definition) is 1. The molecule has 2 saturated carbocycles. The molecule has 0 bridgehead atoms. The van der Waals surface area contributed by atoms with E-state index in [1.54, 1.807) is 5.57 Å². The van der Waals surface area contributed by atoms with Gasteiger partial charge in [0, 0.05) is 5.92 Å². The van der Waals surface area contributed by atoms with E-state index < -0.39 is 0 Å². The van der Waals surface area contributed by atoms with Crippen LogP contribution in [0, 0.1) is 17.8 Å². The molecule has 4 unspecified atom stereocenters. The molecule has 0 radical (unpaired) electrons. The fourth-order valence-corrected chi connectivity index (χ4v) is 5.36. The summed E-state index contributed by atoms with van der Waals surface area (Å²) in [5.41, 5.74) is 5.45. The normalized spacial score (nSPS) is 42.1. The maximum atomic E-state index is 9.90. The van der Waals surface area contributed by atoms with Crippen LogP contribution in [0.2, 0.25) is 0 Å². The second-order valence-electron chi connectivity index (χ2n) is 7.20. The van der Waals surface area contributed by atoms with E-state index in [0.717, 1.165) is 30.6 Å². The summed E-state index contributed by atoms with van der Waals surface area (Å²) >= 11 is 0. The lowest BCUT2D eigenvalue weighted by atomic mass is 9.61. The van der Waals surface area contributed by atoms with Crippen molar-refractivity contribution in [3.8, 4) is 0 Å². The molecule has 4 atom stereocenters. The van der Waals surface area contributed by atoms with Crippen LogP contribution >= 0.6 is 0 Å². The molecule has 4 rings (SSSR count). The molecule has 0 amide bonds. The van der Waals surface area contributed by atoms with Gasteiger partial charge >= 0.3 is 0 Å². The first-order valence-electron chi connectivity index (χ1n) is 8.41. The molecule has 1 nitrogen and oxygen atoms in total. The number of aliphatic hydroxyl groups excluding tert-OH is 1. The molecule has 4 aliphatic rings. The van der Waals surface area contributed by atoms with Gasteiger partial charge in [-0.1, -0.05) is 29.2 Å². The molecule has 1 N–H and O–H groups in total. The molecule has 2 fully saturated rings. The zero-order chi connectivity index (χ0) is 12.8. The van der Waals surface area contributed by atoms with Gasteiger partial charge in [-0.2, -0.15) is 0 Å². The highest BCUT2D eigenvalue weighted by atomic mass is 16.3.